The first-order valence-corrected chi connectivity index (χ1v) is 8.43. The van der Waals surface area contributed by atoms with Gasteiger partial charge in [0.2, 0.25) is 0 Å². The summed E-state index contributed by atoms with van der Waals surface area (Å²) in [6.45, 7) is 5.38. The molecular weight excluding hydrogens is 254 g/mol. The molecule has 0 amide bonds. The quantitative estimate of drug-likeness (QED) is 0.613. The van der Waals surface area contributed by atoms with Crippen LogP contribution in [-0.2, 0) is 0 Å². The molecule has 1 saturated carbocycles. The van der Waals surface area contributed by atoms with Crippen molar-refractivity contribution in [3.8, 4) is 0 Å². The maximum absolute atomic E-state index is 4.38. The second-order valence-corrected chi connectivity index (χ2v) is 6.45. The monoisotopic (exact) mass is 279 g/mol. The highest BCUT2D eigenvalue weighted by atomic mass is 32.2. The lowest BCUT2D eigenvalue weighted by Gasteiger charge is -2.24. The van der Waals surface area contributed by atoms with Crippen molar-refractivity contribution in [1.29, 1.82) is 0 Å². The molecule has 1 aliphatic rings. The lowest BCUT2D eigenvalue weighted by atomic mass is 10.00. The first-order valence-electron chi connectivity index (χ1n) is 7.44. The van der Waals surface area contributed by atoms with Crippen LogP contribution >= 0.6 is 11.8 Å². The van der Waals surface area contributed by atoms with E-state index in [1.54, 1.807) is 11.8 Å². The smallest absolute Gasteiger partial charge is 0.187 e. The van der Waals surface area contributed by atoms with Crippen LogP contribution in [0, 0.1) is 12.8 Å². The molecule has 0 aromatic carbocycles. The van der Waals surface area contributed by atoms with E-state index in [9.17, 15) is 0 Å². The first-order chi connectivity index (χ1) is 9.29. The van der Waals surface area contributed by atoms with E-state index in [2.05, 4.69) is 22.2 Å². The molecule has 1 heterocycles. The lowest BCUT2D eigenvalue weighted by molar-refractivity contribution is 0.387. The standard InChI is InChI=1S/C15H25N3S/c1-3-8-16-14(13-6-4-5-7-13)11-19-15-17-9-12(2)10-18-15/h9-10,13-14,16H,3-8,11H2,1-2H3. The van der Waals surface area contributed by atoms with E-state index in [0.29, 0.717) is 6.04 Å². The average molecular weight is 279 g/mol. The van der Waals surface area contributed by atoms with Gasteiger partial charge >= 0.3 is 0 Å². The molecule has 106 valence electrons. The zero-order valence-corrected chi connectivity index (χ0v) is 12.9. The number of thioether (sulfide) groups is 1. The Balaban J connectivity index is 1.86. The van der Waals surface area contributed by atoms with Crippen molar-refractivity contribution in [1.82, 2.24) is 15.3 Å². The number of nitrogens with one attached hydrogen (secondary N) is 1. The molecule has 1 N–H and O–H groups in total. The Kier molecular flexibility index (Phi) is 6.11. The van der Waals surface area contributed by atoms with E-state index in [1.807, 2.05) is 19.3 Å². The van der Waals surface area contributed by atoms with Crippen molar-refractivity contribution in [2.75, 3.05) is 12.3 Å². The third kappa shape index (κ3) is 4.77. The Labute approximate surface area is 121 Å². The molecule has 0 aliphatic heterocycles. The second kappa shape index (κ2) is 7.85. The number of nitrogens with zero attached hydrogens (tertiary/aromatic N) is 2. The summed E-state index contributed by atoms with van der Waals surface area (Å²) in [4.78, 5) is 8.76. The minimum absolute atomic E-state index is 0.623. The summed E-state index contributed by atoms with van der Waals surface area (Å²) in [5.41, 5.74) is 1.13. The number of aromatic nitrogens is 2. The molecule has 0 saturated heterocycles. The van der Waals surface area contributed by atoms with Gasteiger partial charge < -0.3 is 5.32 Å². The van der Waals surface area contributed by atoms with Gasteiger partial charge in [0.25, 0.3) is 0 Å². The van der Waals surface area contributed by atoms with Crippen LogP contribution in [0.3, 0.4) is 0 Å². The highest BCUT2D eigenvalue weighted by Gasteiger charge is 2.24. The summed E-state index contributed by atoms with van der Waals surface area (Å²) >= 11 is 1.79. The molecule has 19 heavy (non-hydrogen) atoms. The average Bonchev–Trinajstić information content (AvgIpc) is 2.95. The highest BCUT2D eigenvalue weighted by molar-refractivity contribution is 7.99. The molecule has 0 bridgehead atoms. The van der Waals surface area contributed by atoms with Crippen molar-refractivity contribution in [2.24, 2.45) is 5.92 Å². The number of hydrogen-bond acceptors (Lipinski definition) is 4. The van der Waals surface area contributed by atoms with E-state index >= 15 is 0 Å². The van der Waals surface area contributed by atoms with Gasteiger partial charge in [-0.05, 0) is 44.2 Å². The van der Waals surface area contributed by atoms with Gasteiger partial charge in [-0.25, -0.2) is 9.97 Å². The van der Waals surface area contributed by atoms with Gasteiger partial charge in [-0.3, -0.25) is 0 Å². The fourth-order valence-electron chi connectivity index (χ4n) is 2.67. The van der Waals surface area contributed by atoms with Crippen LogP contribution in [0.2, 0.25) is 0 Å². The molecule has 4 heteroatoms. The maximum Gasteiger partial charge on any atom is 0.187 e. The molecule has 0 radical (unpaired) electrons. The lowest BCUT2D eigenvalue weighted by Crippen LogP contribution is -2.37. The molecule has 1 fully saturated rings. The third-order valence-corrected chi connectivity index (χ3v) is 4.77. The van der Waals surface area contributed by atoms with Crippen molar-refractivity contribution in [3.63, 3.8) is 0 Å². The van der Waals surface area contributed by atoms with Crippen LogP contribution in [0.15, 0.2) is 17.6 Å². The molecule has 3 nitrogen and oxygen atoms in total. The Bertz CT molecular complexity index is 360. The fourth-order valence-corrected chi connectivity index (χ4v) is 3.64. The summed E-state index contributed by atoms with van der Waals surface area (Å²) in [6.07, 6.45) is 10.6. The van der Waals surface area contributed by atoms with Crippen molar-refractivity contribution < 1.29 is 0 Å². The molecule has 1 unspecified atom stereocenters. The number of hydrogen-bond donors (Lipinski definition) is 1. The van der Waals surface area contributed by atoms with E-state index in [1.165, 1.54) is 32.1 Å². The normalized spacial score (nSPS) is 17.8. The predicted octanol–water partition coefficient (Wildman–Crippen LogP) is 3.44. The van der Waals surface area contributed by atoms with E-state index in [4.69, 9.17) is 0 Å². The molecule has 1 atom stereocenters. The van der Waals surface area contributed by atoms with Gasteiger partial charge in [0.15, 0.2) is 5.16 Å². The van der Waals surface area contributed by atoms with Crippen LogP contribution < -0.4 is 5.32 Å². The minimum atomic E-state index is 0.623. The van der Waals surface area contributed by atoms with Gasteiger partial charge in [-0.2, -0.15) is 0 Å². The topological polar surface area (TPSA) is 37.8 Å². The Hall–Kier alpha value is -0.610. The van der Waals surface area contributed by atoms with Crippen LogP contribution in [0.4, 0.5) is 0 Å². The summed E-state index contributed by atoms with van der Waals surface area (Å²) in [7, 11) is 0. The maximum atomic E-state index is 4.38. The van der Waals surface area contributed by atoms with Crippen LogP contribution in [-0.4, -0.2) is 28.3 Å². The minimum Gasteiger partial charge on any atom is -0.313 e. The van der Waals surface area contributed by atoms with Gasteiger partial charge in [-0.15, -0.1) is 0 Å². The van der Waals surface area contributed by atoms with Gasteiger partial charge in [-0.1, -0.05) is 31.5 Å². The van der Waals surface area contributed by atoms with E-state index in [-0.39, 0.29) is 0 Å². The summed E-state index contributed by atoms with van der Waals surface area (Å²) in [5.74, 6) is 1.94. The molecule has 1 aromatic heterocycles. The number of aryl methyl sites for hydroxylation is 1. The molecule has 1 aromatic rings. The molecule has 1 aliphatic carbocycles. The summed E-state index contributed by atoms with van der Waals surface area (Å²) < 4.78 is 0. The second-order valence-electron chi connectivity index (χ2n) is 5.46. The van der Waals surface area contributed by atoms with E-state index < -0.39 is 0 Å². The Morgan fingerprint density at radius 2 is 2.00 bits per heavy atom. The van der Waals surface area contributed by atoms with E-state index in [0.717, 1.165) is 28.9 Å². The van der Waals surface area contributed by atoms with Crippen LogP contribution in [0.25, 0.3) is 0 Å². The predicted molar refractivity (Wildman–Crippen MR) is 81.5 cm³/mol. The first kappa shape index (κ1) is 14.8. The van der Waals surface area contributed by atoms with Crippen molar-refractivity contribution in [3.05, 3.63) is 18.0 Å². The summed E-state index contributed by atoms with van der Waals surface area (Å²) in [6, 6.07) is 0.623. The molecule has 0 spiro atoms. The zero-order valence-electron chi connectivity index (χ0n) is 12.1. The molecular formula is C15H25N3S. The number of rotatable bonds is 7. The van der Waals surface area contributed by atoms with Gasteiger partial charge in [0.1, 0.15) is 0 Å². The molecule has 2 rings (SSSR count). The van der Waals surface area contributed by atoms with Crippen LogP contribution in [0.1, 0.15) is 44.6 Å². The third-order valence-electron chi connectivity index (χ3n) is 3.77. The Morgan fingerprint density at radius 3 is 2.63 bits per heavy atom. The highest BCUT2D eigenvalue weighted by Crippen LogP contribution is 2.30. The zero-order chi connectivity index (χ0) is 13.5. The van der Waals surface area contributed by atoms with Crippen molar-refractivity contribution >= 4 is 11.8 Å². The van der Waals surface area contributed by atoms with Crippen LogP contribution in [0.5, 0.6) is 0 Å². The fraction of sp³-hybridized carbons (Fsp3) is 0.733. The van der Waals surface area contributed by atoms with Gasteiger partial charge in [0.05, 0.1) is 0 Å². The van der Waals surface area contributed by atoms with Crippen molar-refractivity contribution in [2.45, 2.75) is 57.1 Å². The summed E-state index contributed by atoms with van der Waals surface area (Å²) in [5, 5.41) is 4.63. The van der Waals surface area contributed by atoms with Gasteiger partial charge in [0, 0.05) is 24.2 Å². The SMILES string of the molecule is CCCNC(CSc1ncc(C)cn1)C1CCCC1. The largest absolute Gasteiger partial charge is 0.313 e. The Morgan fingerprint density at radius 1 is 1.32 bits per heavy atom.